The van der Waals surface area contributed by atoms with Crippen LogP contribution in [0.25, 0.3) is 11.3 Å². The number of nitrogens with zero attached hydrogens (tertiary/aromatic N) is 1. The van der Waals surface area contributed by atoms with Crippen LogP contribution in [-0.2, 0) is 17.4 Å². The van der Waals surface area contributed by atoms with E-state index in [-0.39, 0.29) is 12.1 Å². The van der Waals surface area contributed by atoms with Gasteiger partial charge in [-0.3, -0.25) is 4.79 Å². The van der Waals surface area contributed by atoms with Gasteiger partial charge in [0.05, 0.1) is 17.7 Å². The van der Waals surface area contributed by atoms with Crippen LogP contribution >= 0.6 is 11.3 Å². The quantitative estimate of drug-likeness (QED) is 0.490. The molecule has 1 heterocycles. The first-order valence-corrected chi connectivity index (χ1v) is 9.71. The van der Waals surface area contributed by atoms with Gasteiger partial charge in [0.25, 0.3) is 0 Å². The van der Waals surface area contributed by atoms with Crippen molar-refractivity contribution in [3.63, 3.8) is 0 Å². The van der Waals surface area contributed by atoms with Gasteiger partial charge < -0.3 is 10.4 Å². The highest BCUT2D eigenvalue weighted by molar-refractivity contribution is 7.16. The van der Waals surface area contributed by atoms with Gasteiger partial charge in [0.15, 0.2) is 5.13 Å². The van der Waals surface area contributed by atoms with E-state index in [1.54, 1.807) is 0 Å². The molecule has 0 aliphatic carbocycles. The monoisotopic (exact) mass is 420 g/mol. The number of halogens is 3. The van der Waals surface area contributed by atoms with Crippen LogP contribution in [0.2, 0.25) is 0 Å². The number of benzene rings is 2. The number of aromatic nitrogens is 1. The number of carboxylic acids is 1. The van der Waals surface area contributed by atoms with Crippen molar-refractivity contribution < 1.29 is 23.1 Å². The minimum atomic E-state index is -4.45. The van der Waals surface area contributed by atoms with Gasteiger partial charge in [0.2, 0.25) is 0 Å². The first-order valence-electron chi connectivity index (χ1n) is 8.89. The molecule has 0 bridgehead atoms. The number of nitrogens with one attached hydrogen (secondary N) is 1. The lowest BCUT2D eigenvalue weighted by Crippen LogP contribution is -2.05. The Balaban J connectivity index is 1.94. The zero-order valence-electron chi connectivity index (χ0n) is 15.7. The Hall–Kier alpha value is -2.87. The third kappa shape index (κ3) is 5.14. The summed E-state index contributed by atoms with van der Waals surface area (Å²) in [6.07, 6.45) is -4.67. The molecule has 0 aliphatic heterocycles. The molecule has 4 nitrogen and oxygen atoms in total. The molecule has 0 saturated heterocycles. The largest absolute Gasteiger partial charge is 0.481 e. The van der Waals surface area contributed by atoms with Crippen LogP contribution in [0.1, 0.15) is 35.8 Å². The smallest absolute Gasteiger partial charge is 0.416 e. The molecular formula is C21H19F3N2O2S. The lowest BCUT2D eigenvalue weighted by atomic mass is 10.0. The zero-order chi connectivity index (χ0) is 21.2. The summed E-state index contributed by atoms with van der Waals surface area (Å²) in [4.78, 5) is 16.2. The average Bonchev–Trinajstić information content (AvgIpc) is 3.02. The first kappa shape index (κ1) is 20.9. The summed E-state index contributed by atoms with van der Waals surface area (Å²) in [5.41, 5.74) is 1.89. The Morgan fingerprint density at radius 1 is 1.17 bits per heavy atom. The van der Waals surface area contributed by atoms with Gasteiger partial charge in [-0.25, -0.2) is 4.98 Å². The summed E-state index contributed by atoms with van der Waals surface area (Å²) in [6, 6.07) is 12.5. The number of hydrogen-bond donors (Lipinski definition) is 2. The number of alkyl halides is 3. The predicted molar refractivity (Wildman–Crippen MR) is 108 cm³/mol. The highest BCUT2D eigenvalue weighted by atomic mass is 32.1. The second-order valence-electron chi connectivity index (χ2n) is 6.84. The molecule has 0 radical (unpaired) electrons. The fourth-order valence-corrected chi connectivity index (χ4v) is 3.81. The Labute approximate surface area is 170 Å². The van der Waals surface area contributed by atoms with Crippen LogP contribution in [0.15, 0.2) is 48.5 Å². The fourth-order valence-electron chi connectivity index (χ4n) is 2.81. The standard InChI is InChI=1S/C21H19F3N2O2S/c1-12(2)13-6-8-14(9-7-13)19-17(11-18(27)28)29-20(26-19)25-16-5-3-4-15(10-16)21(22,23)24/h3-10,12H,11H2,1-2H3,(H,25,26)(H,27,28). The van der Waals surface area contributed by atoms with Crippen molar-refractivity contribution in [2.75, 3.05) is 5.32 Å². The van der Waals surface area contributed by atoms with Crippen LogP contribution in [0.3, 0.4) is 0 Å². The summed E-state index contributed by atoms with van der Waals surface area (Å²) >= 11 is 1.12. The highest BCUT2D eigenvalue weighted by Gasteiger charge is 2.30. The number of carboxylic acid groups (broad SMARTS) is 1. The summed E-state index contributed by atoms with van der Waals surface area (Å²) in [5.74, 6) is -0.643. The van der Waals surface area contributed by atoms with Crippen molar-refractivity contribution >= 4 is 28.1 Å². The van der Waals surface area contributed by atoms with E-state index in [0.29, 0.717) is 21.6 Å². The van der Waals surface area contributed by atoms with E-state index in [9.17, 15) is 23.1 Å². The topological polar surface area (TPSA) is 62.2 Å². The zero-order valence-corrected chi connectivity index (χ0v) is 16.6. The number of hydrogen-bond acceptors (Lipinski definition) is 4. The molecule has 0 fully saturated rings. The van der Waals surface area contributed by atoms with Gasteiger partial charge in [-0.1, -0.05) is 44.2 Å². The van der Waals surface area contributed by atoms with Gasteiger partial charge in [-0.2, -0.15) is 13.2 Å². The van der Waals surface area contributed by atoms with E-state index in [1.807, 2.05) is 24.3 Å². The molecule has 1 aromatic heterocycles. The Morgan fingerprint density at radius 2 is 1.86 bits per heavy atom. The van der Waals surface area contributed by atoms with Crippen molar-refractivity contribution in [3.8, 4) is 11.3 Å². The van der Waals surface area contributed by atoms with Gasteiger partial charge >= 0.3 is 12.1 Å². The van der Waals surface area contributed by atoms with E-state index < -0.39 is 17.7 Å². The van der Waals surface area contributed by atoms with Crippen molar-refractivity contribution in [1.29, 1.82) is 0 Å². The van der Waals surface area contributed by atoms with Crippen LogP contribution in [0, 0.1) is 0 Å². The van der Waals surface area contributed by atoms with E-state index in [2.05, 4.69) is 24.1 Å². The summed E-state index contributed by atoms with van der Waals surface area (Å²) < 4.78 is 38.8. The second kappa shape index (κ2) is 8.24. The normalized spacial score (nSPS) is 11.7. The number of carbonyl (C=O) groups is 1. The maximum Gasteiger partial charge on any atom is 0.416 e. The van der Waals surface area contributed by atoms with E-state index in [1.165, 1.54) is 12.1 Å². The molecule has 3 aromatic rings. The Kier molecular flexibility index (Phi) is 5.93. The van der Waals surface area contributed by atoms with Crippen LogP contribution in [-0.4, -0.2) is 16.1 Å². The number of aliphatic carboxylic acids is 1. The van der Waals surface area contributed by atoms with Crippen molar-refractivity contribution in [1.82, 2.24) is 4.98 Å². The number of thiazole rings is 1. The molecule has 0 unspecified atom stereocenters. The maximum atomic E-state index is 12.9. The first-order chi connectivity index (χ1) is 13.6. The lowest BCUT2D eigenvalue weighted by molar-refractivity contribution is -0.138. The molecule has 2 aromatic carbocycles. The number of rotatable bonds is 6. The molecule has 0 amide bonds. The van der Waals surface area contributed by atoms with Crippen LogP contribution in [0.5, 0.6) is 0 Å². The Bertz CT molecular complexity index is 1010. The molecule has 3 rings (SSSR count). The predicted octanol–water partition coefficient (Wildman–Crippen LogP) is 6.32. The minimum absolute atomic E-state index is 0.219. The highest BCUT2D eigenvalue weighted by Crippen LogP contribution is 2.35. The molecule has 8 heteroatoms. The van der Waals surface area contributed by atoms with Gasteiger partial charge in [0.1, 0.15) is 0 Å². The summed E-state index contributed by atoms with van der Waals surface area (Å²) in [7, 11) is 0. The maximum absolute atomic E-state index is 12.9. The molecule has 29 heavy (non-hydrogen) atoms. The molecule has 0 atom stereocenters. The average molecular weight is 420 g/mol. The molecule has 0 saturated carbocycles. The van der Waals surface area contributed by atoms with Crippen molar-refractivity contribution in [2.24, 2.45) is 0 Å². The van der Waals surface area contributed by atoms with Crippen molar-refractivity contribution in [3.05, 3.63) is 64.5 Å². The molecule has 0 spiro atoms. The third-order valence-corrected chi connectivity index (χ3v) is 5.27. The molecule has 2 N–H and O–H groups in total. The minimum Gasteiger partial charge on any atom is -0.481 e. The summed E-state index contributed by atoms with van der Waals surface area (Å²) in [6.45, 7) is 4.15. The SMILES string of the molecule is CC(C)c1ccc(-c2nc(Nc3cccc(C(F)(F)F)c3)sc2CC(=O)O)cc1. The number of anilines is 2. The van der Waals surface area contributed by atoms with E-state index >= 15 is 0 Å². The van der Waals surface area contributed by atoms with Gasteiger partial charge in [-0.05, 0) is 29.7 Å². The van der Waals surface area contributed by atoms with Gasteiger partial charge in [-0.15, -0.1) is 11.3 Å². The molecular weight excluding hydrogens is 401 g/mol. The second-order valence-corrected chi connectivity index (χ2v) is 7.93. The fraction of sp³-hybridized carbons (Fsp3) is 0.238. The van der Waals surface area contributed by atoms with E-state index in [4.69, 9.17) is 0 Å². The van der Waals surface area contributed by atoms with Gasteiger partial charge in [0, 0.05) is 16.1 Å². The lowest BCUT2D eigenvalue weighted by Gasteiger charge is -2.09. The molecule has 0 aliphatic rings. The summed E-state index contributed by atoms with van der Waals surface area (Å²) in [5, 5.41) is 12.4. The van der Waals surface area contributed by atoms with Crippen LogP contribution < -0.4 is 5.32 Å². The van der Waals surface area contributed by atoms with Crippen LogP contribution in [0.4, 0.5) is 24.0 Å². The Morgan fingerprint density at radius 3 is 2.45 bits per heavy atom. The van der Waals surface area contributed by atoms with E-state index in [0.717, 1.165) is 34.6 Å². The molecule has 152 valence electrons. The van der Waals surface area contributed by atoms with Crippen molar-refractivity contribution in [2.45, 2.75) is 32.4 Å². The third-order valence-electron chi connectivity index (χ3n) is 4.30.